The van der Waals surface area contributed by atoms with Gasteiger partial charge in [-0.1, -0.05) is 18.2 Å². The van der Waals surface area contributed by atoms with Crippen molar-refractivity contribution in [2.75, 3.05) is 26.5 Å². The second-order valence-corrected chi connectivity index (χ2v) is 6.03. The lowest BCUT2D eigenvalue weighted by Gasteiger charge is -2.23. The fraction of sp³-hybridized carbons (Fsp3) is 0.294. The van der Waals surface area contributed by atoms with Crippen molar-refractivity contribution in [2.45, 2.75) is 13.5 Å². The summed E-state index contributed by atoms with van der Waals surface area (Å²) in [6.07, 6.45) is 0. The maximum Gasteiger partial charge on any atom is 0.132 e. The Labute approximate surface area is 133 Å². The molecule has 0 aliphatic carbocycles. The van der Waals surface area contributed by atoms with E-state index in [1.54, 1.807) is 6.07 Å². The number of hydrogen-bond donors (Lipinski definition) is 2. The Morgan fingerprint density at radius 2 is 1.62 bits per heavy atom. The summed E-state index contributed by atoms with van der Waals surface area (Å²) in [6, 6.07) is 14.2. The SMILES string of the molecule is Cc1ccc(NCc2ccc([N+](C)(C)C)cc2)cc1O.[Cl-]. The number of nitrogens with zero attached hydrogens (tertiary/aromatic N) is 1. The van der Waals surface area contributed by atoms with Crippen LogP contribution in [-0.2, 0) is 6.54 Å². The molecule has 0 aromatic heterocycles. The van der Waals surface area contributed by atoms with Crippen LogP contribution in [0.15, 0.2) is 42.5 Å². The lowest BCUT2D eigenvalue weighted by molar-refractivity contribution is -0.00000540. The van der Waals surface area contributed by atoms with Crippen LogP contribution in [0.4, 0.5) is 11.4 Å². The summed E-state index contributed by atoms with van der Waals surface area (Å²) in [6.45, 7) is 2.64. The molecule has 0 spiro atoms. The largest absolute Gasteiger partial charge is 1.00 e. The molecule has 2 N–H and O–H groups in total. The average molecular weight is 307 g/mol. The maximum atomic E-state index is 9.68. The van der Waals surface area contributed by atoms with Crippen LogP contribution in [0.25, 0.3) is 0 Å². The van der Waals surface area contributed by atoms with Crippen LogP contribution in [0.5, 0.6) is 5.75 Å². The minimum Gasteiger partial charge on any atom is -1.00 e. The fourth-order valence-electron chi connectivity index (χ4n) is 1.98. The van der Waals surface area contributed by atoms with Gasteiger partial charge in [-0.2, -0.15) is 0 Å². The number of aromatic hydroxyl groups is 1. The van der Waals surface area contributed by atoms with E-state index < -0.39 is 0 Å². The van der Waals surface area contributed by atoms with Gasteiger partial charge in [0.05, 0.1) is 21.1 Å². The molecule has 114 valence electrons. The lowest BCUT2D eigenvalue weighted by Crippen LogP contribution is -3.00. The van der Waals surface area contributed by atoms with E-state index in [2.05, 4.69) is 50.7 Å². The first kappa shape index (κ1) is 17.3. The molecule has 0 bridgehead atoms. The number of phenols is 1. The number of quaternary nitrogens is 1. The third kappa shape index (κ3) is 4.66. The van der Waals surface area contributed by atoms with Crippen LogP contribution >= 0.6 is 0 Å². The predicted molar refractivity (Wildman–Crippen MR) is 86.2 cm³/mol. The normalized spacial score (nSPS) is 10.9. The molecule has 21 heavy (non-hydrogen) atoms. The Morgan fingerprint density at radius 1 is 1.00 bits per heavy atom. The second-order valence-electron chi connectivity index (χ2n) is 6.03. The van der Waals surface area contributed by atoms with E-state index in [9.17, 15) is 5.11 Å². The van der Waals surface area contributed by atoms with Crippen LogP contribution in [0, 0.1) is 6.92 Å². The highest BCUT2D eigenvalue weighted by Crippen LogP contribution is 2.22. The van der Waals surface area contributed by atoms with E-state index in [0.29, 0.717) is 5.75 Å². The number of anilines is 1. The summed E-state index contributed by atoms with van der Waals surface area (Å²) in [4.78, 5) is 0. The first-order valence-corrected chi connectivity index (χ1v) is 6.81. The van der Waals surface area contributed by atoms with Crippen LogP contribution in [-0.4, -0.2) is 26.2 Å². The van der Waals surface area contributed by atoms with E-state index in [-0.39, 0.29) is 12.4 Å². The van der Waals surface area contributed by atoms with E-state index in [4.69, 9.17) is 0 Å². The molecule has 0 fully saturated rings. The number of aryl methyl sites for hydroxylation is 1. The van der Waals surface area contributed by atoms with Crippen LogP contribution < -0.4 is 22.2 Å². The van der Waals surface area contributed by atoms with E-state index in [1.807, 2.05) is 19.1 Å². The predicted octanol–water partition coefficient (Wildman–Crippen LogP) is 0.513. The molecule has 0 saturated carbocycles. The maximum absolute atomic E-state index is 9.68. The highest BCUT2D eigenvalue weighted by atomic mass is 35.5. The van der Waals surface area contributed by atoms with Gasteiger partial charge in [0.2, 0.25) is 0 Å². The van der Waals surface area contributed by atoms with Crippen molar-refractivity contribution in [2.24, 2.45) is 0 Å². The van der Waals surface area contributed by atoms with Gasteiger partial charge in [-0.05, 0) is 36.2 Å². The summed E-state index contributed by atoms with van der Waals surface area (Å²) in [5.41, 5.74) is 4.33. The summed E-state index contributed by atoms with van der Waals surface area (Å²) in [7, 11) is 6.47. The van der Waals surface area contributed by atoms with Gasteiger partial charge in [0.1, 0.15) is 11.4 Å². The van der Waals surface area contributed by atoms with Crippen LogP contribution in [0.2, 0.25) is 0 Å². The molecule has 0 saturated heterocycles. The smallest absolute Gasteiger partial charge is 0.132 e. The molecular weight excluding hydrogens is 284 g/mol. The van der Waals surface area contributed by atoms with E-state index in [1.165, 1.54) is 11.3 Å². The summed E-state index contributed by atoms with van der Waals surface area (Å²) < 4.78 is 0.819. The van der Waals surface area contributed by atoms with Gasteiger partial charge in [0.25, 0.3) is 0 Å². The van der Waals surface area contributed by atoms with Gasteiger partial charge >= 0.3 is 0 Å². The molecule has 0 amide bonds. The Morgan fingerprint density at radius 3 is 2.14 bits per heavy atom. The second kappa shape index (κ2) is 6.83. The standard InChI is InChI=1S/C17H22N2O.ClH/c1-13-5-8-15(11-17(13)20)18-12-14-6-9-16(10-7-14)19(2,3)4;/h5-11,18H,12H2,1-4H3;1H. The van der Waals surface area contributed by atoms with Gasteiger partial charge in [-0.15, -0.1) is 0 Å². The number of phenolic OH excluding ortho intramolecular Hbond substituents is 1. The molecule has 0 heterocycles. The minimum absolute atomic E-state index is 0. The van der Waals surface area contributed by atoms with Crippen molar-refractivity contribution in [1.82, 2.24) is 4.48 Å². The number of benzene rings is 2. The molecule has 4 heteroatoms. The monoisotopic (exact) mass is 306 g/mol. The minimum atomic E-state index is 0. The van der Waals surface area contributed by atoms with Crippen molar-refractivity contribution in [3.05, 3.63) is 53.6 Å². The van der Waals surface area contributed by atoms with Crippen molar-refractivity contribution < 1.29 is 17.5 Å². The topological polar surface area (TPSA) is 32.3 Å². The molecule has 2 aromatic rings. The van der Waals surface area contributed by atoms with Gasteiger partial charge < -0.3 is 22.8 Å². The summed E-state index contributed by atoms with van der Waals surface area (Å²) in [5, 5.41) is 13.0. The zero-order chi connectivity index (χ0) is 14.8. The Balaban J connectivity index is 0.00000220. The number of nitrogens with one attached hydrogen (secondary N) is 1. The van der Waals surface area contributed by atoms with Crippen LogP contribution in [0.1, 0.15) is 11.1 Å². The third-order valence-electron chi connectivity index (χ3n) is 3.42. The highest BCUT2D eigenvalue weighted by Gasteiger charge is 2.10. The summed E-state index contributed by atoms with van der Waals surface area (Å²) >= 11 is 0. The first-order chi connectivity index (χ1) is 9.36. The zero-order valence-corrected chi connectivity index (χ0v) is 13.8. The van der Waals surface area contributed by atoms with E-state index in [0.717, 1.165) is 22.3 Å². The molecule has 0 radical (unpaired) electrons. The van der Waals surface area contributed by atoms with Crippen molar-refractivity contribution >= 4 is 11.4 Å². The average Bonchev–Trinajstić information content (AvgIpc) is 2.40. The first-order valence-electron chi connectivity index (χ1n) is 6.81. The highest BCUT2D eigenvalue weighted by molar-refractivity contribution is 5.51. The van der Waals surface area contributed by atoms with Gasteiger partial charge in [0, 0.05) is 18.3 Å². The van der Waals surface area contributed by atoms with E-state index >= 15 is 0 Å². The van der Waals surface area contributed by atoms with Crippen molar-refractivity contribution in [1.29, 1.82) is 0 Å². The molecule has 3 nitrogen and oxygen atoms in total. The molecule has 0 unspecified atom stereocenters. The quantitative estimate of drug-likeness (QED) is 0.807. The lowest BCUT2D eigenvalue weighted by atomic mass is 10.1. The zero-order valence-electron chi connectivity index (χ0n) is 13.0. The Bertz CT molecular complexity index is 589. The van der Waals surface area contributed by atoms with Gasteiger partial charge in [-0.25, -0.2) is 0 Å². The van der Waals surface area contributed by atoms with Crippen LogP contribution in [0.3, 0.4) is 0 Å². The van der Waals surface area contributed by atoms with Gasteiger partial charge in [0.15, 0.2) is 0 Å². The summed E-state index contributed by atoms with van der Waals surface area (Å²) in [5.74, 6) is 0.329. The van der Waals surface area contributed by atoms with Crippen molar-refractivity contribution in [3.8, 4) is 5.75 Å². The molecule has 2 aromatic carbocycles. The number of halogens is 1. The molecular formula is C17H23ClN2O. The van der Waals surface area contributed by atoms with Crippen molar-refractivity contribution in [3.63, 3.8) is 0 Å². The fourth-order valence-corrected chi connectivity index (χ4v) is 1.98. The molecule has 0 atom stereocenters. The Hall–Kier alpha value is -1.71. The number of rotatable bonds is 4. The Kier molecular flexibility index (Phi) is 5.64. The molecule has 0 aliphatic rings. The molecule has 2 rings (SSSR count). The molecule has 0 aliphatic heterocycles. The number of hydrogen-bond acceptors (Lipinski definition) is 2. The van der Waals surface area contributed by atoms with Gasteiger partial charge in [-0.3, -0.25) is 4.48 Å². The third-order valence-corrected chi connectivity index (χ3v) is 3.42.